The van der Waals surface area contributed by atoms with Crippen LogP contribution in [0.2, 0.25) is 0 Å². The van der Waals surface area contributed by atoms with Crippen molar-refractivity contribution in [3.05, 3.63) is 18.2 Å². The van der Waals surface area contributed by atoms with E-state index in [0.717, 1.165) is 12.8 Å². The Morgan fingerprint density at radius 1 is 1.42 bits per heavy atom. The zero-order valence-electron chi connectivity index (χ0n) is 10.8. The molecule has 1 aliphatic carbocycles. The number of aliphatic hydroxyl groups is 1. The van der Waals surface area contributed by atoms with Gasteiger partial charge in [-0.15, -0.1) is 0 Å². The predicted molar refractivity (Wildman–Crippen MR) is 74.3 cm³/mol. The molecule has 19 heavy (non-hydrogen) atoms. The molecular weight excluding hydrogens is 266 g/mol. The van der Waals surface area contributed by atoms with Gasteiger partial charge >= 0.3 is 0 Å². The van der Waals surface area contributed by atoms with E-state index >= 15 is 0 Å². The van der Waals surface area contributed by atoms with Gasteiger partial charge in [0.2, 0.25) is 10.0 Å². The number of nitrogens with two attached hydrogens (primary N) is 1. The van der Waals surface area contributed by atoms with E-state index in [2.05, 4.69) is 10.0 Å². The van der Waals surface area contributed by atoms with Crippen LogP contribution in [0, 0.1) is 5.41 Å². The van der Waals surface area contributed by atoms with Crippen LogP contribution in [-0.4, -0.2) is 33.7 Å². The number of benzene rings is 1. The van der Waals surface area contributed by atoms with E-state index in [9.17, 15) is 13.5 Å². The maximum Gasteiger partial charge on any atom is 0.242 e. The van der Waals surface area contributed by atoms with Crippen LogP contribution < -0.4 is 15.8 Å². The van der Waals surface area contributed by atoms with E-state index in [1.54, 1.807) is 12.1 Å². The second-order valence-electron chi connectivity index (χ2n) is 4.97. The number of nitrogens with one attached hydrogen (secondary N) is 2. The summed E-state index contributed by atoms with van der Waals surface area (Å²) in [6.07, 6.45) is 1.92. The van der Waals surface area contributed by atoms with Crippen molar-refractivity contribution in [3.63, 3.8) is 0 Å². The molecule has 0 heterocycles. The molecular formula is C12H19N3O3S. The monoisotopic (exact) mass is 285 g/mol. The molecule has 0 amide bonds. The van der Waals surface area contributed by atoms with Crippen LogP contribution in [-0.2, 0) is 10.0 Å². The summed E-state index contributed by atoms with van der Waals surface area (Å²) >= 11 is 0. The Hall–Kier alpha value is -1.31. The summed E-state index contributed by atoms with van der Waals surface area (Å²) in [6.45, 7) is 0.669. The highest BCUT2D eigenvalue weighted by atomic mass is 32.2. The standard InChI is InChI=1S/C12H19N3O3S/c1-14-19(17,18)11-6-9(13)2-3-10(11)15-7-12(8-16)4-5-12/h2-3,6,14-16H,4-5,7-8,13H2,1H3. The van der Waals surface area contributed by atoms with Crippen molar-refractivity contribution in [1.82, 2.24) is 4.72 Å². The van der Waals surface area contributed by atoms with Crippen LogP contribution in [0.25, 0.3) is 0 Å². The van der Waals surface area contributed by atoms with Gasteiger partial charge in [-0.1, -0.05) is 0 Å². The summed E-state index contributed by atoms with van der Waals surface area (Å²) in [5, 5.41) is 12.4. The molecule has 1 fully saturated rings. The molecule has 0 aliphatic heterocycles. The third-order valence-corrected chi connectivity index (χ3v) is 4.96. The van der Waals surface area contributed by atoms with Gasteiger partial charge in [0.25, 0.3) is 0 Å². The first-order valence-electron chi connectivity index (χ1n) is 6.10. The van der Waals surface area contributed by atoms with Crippen molar-refractivity contribution in [2.75, 3.05) is 31.2 Å². The highest BCUT2D eigenvalue weighted by Gasteiger charge is 2.41. The smallest absolute Gasteiger partial charge is 0.242 e. The fourth-order valence-electron chi connectivity index (χ4n) is 1.87. The first-order chi connectivity index (χ1) is 8.92. The first-order valence-corrected chi connectivity index (χ1v) is 7.59. The van der Waals surface area contributed by atoms with E-state index in [0.29, 0.717) is 17.9 Å². The van der Waals surface area contributed by atoms with Crippen LogP contribution in [0.15, 0.2) is 23.1 Å². The molecule has 0 radical (unpaired) electrons. The minimum atomic E-state index is -3.56. The predicted octanol–water partition coefficient (Wildman–Crippen LogP) is 0.361. The van der Waals surface area contributed by atoms with Crippen molar-refractivity contribution in [3.8, 4) is 0 Å². The lowest BCUT2D eigenvalue weighted by atomic mass is 10.1. The fourth-order valence-corrected chi connectivity index (χ4v) is 2.81. The highest BCUT2D eigenvalue weighted by Crippen LogP contribution is 2.45. The van der Waals surface area contributed by atoms with Gasteiger partial charge in [-0.05, 0) is 38.1 Å². The average molecular weight is 285 g/mol. The summed E-state index contributed by atoms with van der Waals surface area (Å²) in [5.41, 5.74) is 6.44. The molecule has 0 spiro atoms. The minimum Gasteiger partial charge on any atom is -0.399 e. The molecule has 0 bridgehead atoms. The molecule has 5 N–H and O–H groups in total. The Kier molecular flexibility index (Phi) is 3.71. The lowest BCUT2D eigenvalue weighted by Gasteiger charge is -2.17. The summed E-state index contributed by atoms with van der Waals surface area (Å²) in [4.78, 5) is 0.128. The molecule has 0 aromatic heterocycles. The second kappa shape index (κ2) is 4.99. The number of hydrogen-bond acceptors (Lipinski definition) is 5. The van der Waals surface area contributed by atoms with Gasteiger partial charge in [0.05, 0.1) is 12.3 Å². The molecule has 0 saturated heterocycles. The van der Waals surface area contributed by atoms with Gasteiger partial charge in [-0.3, -0.25) is 0 Å². The number of anilines is 2. The van der Waals surface area contributed by atoms with Gasteiger partial charge in [-0.2, -0.15) is 0 Å². The number of aliphatic hydroxyl groups excluding tert-OH is 1. The van der Waals surface area contributed by atoms with Crippen LogP contribution in [0.4, 0.5) is 11.4 Å². The topological polar surface area (TPSA) is 104 Å². The molecule has 0 atom stereocenters. The van der Waals surface area contributed by atoms with E-state index in [1.807, 2.05) is 0 Å². The summed E-state index contributed by atoms with van der Waals surface area (Å²) in [6, 6.07) is 4.72. The Morgan fingerprint density at radius 2 is 2.11 bits per heavy atom. The van der Waals surface area contributed by atoms with Gasteiger partial charge in [0, 0.05) is 17.6 Å². The van der Waals surface area contributed by atoms with Crippen LogP contribution >= 0.6 is 0 Å². The summed E-state index contributed by atoms with van der Waals surface area (Å²) < 4.78 is 26.1. The van der Waals surface area contributed by atoms with E-state index in [-0.39, 0.29) is 16.9 Å². The fraction of sp³-hybridized carbons (Fsp3) is 0.500. The van der Waals surface area contributed by atoms with Gasteiger partial charge in [0.1, 0.15) is 4.90 Å². The lowest BCUT2D eigenvalue weighted by Crippen LogP contribution is -2.23. The van der Waals surface area contributed by atoms with Crippen molar-refractivity contribution >= 4 is 21.4 Å². The maximum absolute atomic E-state index is 11.9. The molecule has 1 saturated carbocycles. The van der Waals surface area contributed by atoms with Crippen LogP contribution in [0.5, 0.6) is 0 Å². The van der Waals surface area contributed by atoms with Gasteiger partial charge < -0.3 is 16.2 Å². The van der Waals surface area contributed by atoms with E-state index < -0.39 is 10.0 Å². The Morgan fingerprint density at radius 3 is 2.63 bits per heavy atom. The quantitative estimate of drug-likeness (QED) is 0.565. The normalized spacial score (nSPS) is 17.2. The lowest BCUT2D eigenvalue weighted by molar-refractivity contribution is 0.219. The SMILES string of the molecule is CNS(=O)(=O)c1cc(N)ccc1NCC1(CO)CC1. The van der Waals surface area contributed by atoms with Gasteiger partial charge in [-0.25, -0.2) is 13.1 Å². The Bertz CT molecular complexity index is 568. The van der Waals surface area contributed by atoms with Crippen molar-refractivity contribution in [2.24, 2.45) is 5.41 Å². The largest absolute Gasteiger partial charge is 0.399 e. The molecule has 6 nitrogen and oxygen atoms in total. The second-order valence-corrected chi connectivity index (χ2v) is 6.83. The Labute approximate surface area is 113 Å². The third kappa shape index (κ3) is 2.99. The van der Waals surface area contributed by atoms with Crippen LogP contribution in [0.3, 0.4) is 0 Å². The summed E-state index contributed by atoms with van der Waals surface area (Å²) in [5.74, 6) is 0. The number of rotatable bonds is 6. The first kappa shape index (κ1) is 14.1. The molecule has 7 heteroatoms. The zero-order valence-corrected chi connectivity index (χ0v) is 11.6. The molecule has 0 unspecified atom stereocenters. The number of sulfonamides is 1. The average Bonchev–Trinajstić information content (AvgIpc) is 3.18. The Balaban J connectivity index is 2.25. The molecule has 1 aromatic carbocycles. The molecule has 1 aromatic rings. The number of nitrogen functional groups attached to an aromatic ring is 1. The van der Waals surface area contributed by atoms with Crippen LogP contribution in [0.1, 0.15) is 12.8 Å². The zero-order chi connectivity index (χ0) is 14.1. The molecule has 106 valence electrons. The van der Waals surface area contributed by atoms with E-state index in [1.165, 1.54) is 13.1 Å². The molecule has 2 rings (SSSR count). The highest BCUT2D eigenvalue weighted by molar-refractivity contribution is 7.89. The van der Waals surface area contributed by atoms with Gasteiger partial charge in [0.15, 0.2) is 0 Å². The minimum absolute atomic E-state index is 0.0952. The third-order valence-electron chi connectivity index (χ3n) is 3.51. The van der Waals surface area contributed by atoms with Crippen molar-refractivity contribution in [1.29, 1.82) is 0 Å². The number of hydrogen-bond donors (Lipinski definition) is 4. The van der Waals surface area contributed by atoms with Crippen molar-refractivity contribution < 1.29 is 13.5 Å². The molecule has 1 aliphatic rings. The maximum atomic E-state index is 11.9. The van der Waals surface area contributed by atoms with E-state index in [4.69, 9.17) is 5.73 Å². The summed E-state index contributed by atoms with van der Waals surface area (Å²) in [7, 11) is -2.20. The van der Waals surface area contributed by atoms with Crippen molar-refractivity contribution in [2.45, 2.75) is 17.7 Å².